The second-order valence-corrected chi connectivity index (χ2v) is 8.89. The molecule has 0 spiro atoms. The predicted molar refractivity (Wildman–Crippen MR) is 119 cm³/mol. The van der Waals surface area contributed by atoms with E-state index in [9.17, 15) is 9.59 Å². The van der Waals surface area contributed by atoms with Crippen LogP contribution >= 0.6 is 11.8 Å². The molecule has 0 radical (unpaired) electrons. The summed E-state index contributed by atoms with van der Waals surface area (Å²) in [6.45, 7) is 2.59. The third-order valence-electron chi connectivity index (χ3n) is 5.56. The number of fused-ring (bicyclic) bond motifs is 1. The first-order valence-electron chi connectivity index (χ1n) is 10.3. The van der Waals surface area contributed by atoms with Gasteiger partial charge in [-0.05, 0) is 43.5 Å². The smallest absolute Gasteiger partial charge is 0.319 e. The highest BCUT2D eigenvalue weighted by Gasteiger charge is 2.25. The maximum atomic E-state index is 12.6. The van der Waals surface area contributed by atoms with Gasteiger partial charge in [0.1, 0.15) is 0 Å². The van der Waals surface area contributed by atoms with Crippen molar-refractivity contribution in [2.45, 2.75) is 56.5 Å². The van der Waals surface area contributed by atoms with Crippen molar-refractivity contribution in [1.82, 2.24) is 5.32 Å². The van der Waals surface area contributed by atoms with E-state index in [-0.39, 0.29) is 18.0 Å². The topological polar surface area (TPSA) is 61.4 Å². The number of carbonyl (C=O) groups is 2. The molecule has 2 N–H and O–H groups in total. The Morgan fingerprint density at radius 1 is 1.10 bits per heavy atom. The average Bonchev–Trinajstić information content (AvgIpc) is 2.72. The van der Waals surface area contributed by atoms with E-state index in [1.807, 2.05) is 23.1 Å². The number of rotatable bonds is 4. The third-order valence-corrected chi connectivity index (χ3v) is 6.61. The van der Waals surface area contributed by atoms with Crippen LogP contribution in [-0.2, 0) is 11.3 Å². The van der Waals surface area contributed by atoms with Gasteiger partial charge in [0.05, 0.1) is 18.0 Å². The summed E-state index contributed by atoms with van der Waals surface area (Å²) in [5.41, 5.74) is 3.86. The molecule has 0 unspecified atom stereocenters. The molecule has 152 valence electrons. The molecule has 1 fully saturated rings. The van der Waals surface area contributed by atoms with E-state index in [1.54, 1.807) is 11.8 Å². The zero-order chi connectivity index (χ0) is 20.2. The average molecular weight is 410 g/mol. The first-order chi connectivity index (χ1) is 14.1. The molecule has 1 aliphatic carbocycles. The molecule has 3 amide bonds. The Morgan fingerprint density at radius 2 is 1.86 bits per heavy atom. The number of amides is 3. The number of thioether (sulfide) groups is 1. The van der Waals surface area contributed by atoms with Gasteiger partial charge >= 0.3 is 6.03 Å². The highest BCUT2D eigenvalue weighted by atomic mass is 32.2. The molecule has 29 heavy (non-hydrogen) atoms. The van der Waals surface area contributed by atoms with Crippen molar-refractivity contribution in [3.8, 4) is 0 Å². The van der Waals surface area contributed by atoms with Gasteiger partial charge in [0, 0.05) is 16.6 Å². The lowest BCUT2D eigenvalue weighted by Crippen LogP contribution is -2.39. The molecule has 2 aliphatic rings. The summed E-state index contributed by atoms with van der Waals surface area (Å²) in [6.07, 6.45) is 5.71. The van der Waals surface area contributed by atoms with Gasteiger partial charge in [-0.25, -0.2) is 4.79 Å². The lowest BCUT2D eigenvalue weighted by atomic mass is 9.96. The molecule has 0 atom stereocenters. The summed E-state index contributed by atoms with van der Waals surface area (Å²) in [6, 6.07) is 14.1. The molecular formula is C23H27N3O2S. The lowest BCUT2D eigenvalue weighted by molar-refractivity contribution is -0.116. The second kappa shape index (κ2) is 8.91. The summed E-state index contributed by atoms with van der Waals surface area (Å²) in [5.74, 6) is 0.528. The number of aryl methyl sites for hydroxylation is 1. The quantitative estimate of drug-likeness (QED) is 0.739. The molecule has 1 aliphatic heterocycles. The number of hydrogen-bond donors (Lipinski definition) is 2. The number of urea groups is 1. The fraction of sp³-hybridized carbons (Fsp3) is 0.391. The summed E-state index contributed by atoms with van der Waals surface area (Å²) in [5, 5.41) is 6.03. The van der Waals surface area contributed by atoms with Gasteiger partial charge in [0.2, 0.25) is 5.91 Å². The standard InChI is InChI=1S/C23H27N3O2S/c1-16-7-9-17(10-8-16)14-26-20-13-19(11-12-21(20)29-15-22(26)27)25-23(28)24-18-5-3-2-4-6-18/h7-13,18H,2-6,14-15H2,1H3,(H2,24,25,28). The van der Waals surface area contributed by atoms with E-state index in [0.717, 1.165) is 29.0 Å². The summed E-state index contributed by atoms with van der Waals surface area (Å²) >= 11 is 1.55. The summed E-state index contributed by atoms with van der Waals surface area (Å²) < 4.78 is 0. The Morgan fingerprint density at radius 3 is 2.62 bits per heavy atom. The Balaban J connectivity index is 1.49. The molecule has 2 aromatic carbocycles. The molecule has 4 rings (SSSR count). The van der Waals surface area contributed by atoms with Crippen LogP contribution in [0, 0.1) is 6.92 Å². The number of hydrogen-bond acceptors (Lipinski definition) is 3. The highest BCUT2D eigenvalue weighted by molar-refractivity contribution is 8.00. The first kappa shape index (κ1) is 19.8. The van der Waals surface area contributed by atoms with Crippen molar-refractivity contribution >= 4 is 35.1 Å². The van der Waals surface area contributed by atoms with E-state index >= 15 is 0 Å². The molecule has 2 aromatic rings. The van der Waals surface area contributed by atoms with Crippen LogP contribution in [0.25, 0.3) is 0 Å². The number of anilines is 2. The van der Waals surface area contributed by atoms with Crippen molar-refractivity contribution in [2.75, 3.05) is 16.0 Å². The fourth-order valence-corrected chi connectivity index (χ4v) is 4.84. The van der Waals surface area contributed by atoms with E-state index in [0.29, 0.717) is 18.0 Å². The fourth-order valence-electron chi connectivity index (χ4n) is 3.93. The van der Waals surface area contributed by atoms with Gasteiger partial charge in [-0.3, -0.25) is 4.79 Å². The van der Waals surface area contributed by atoms with E-state index in [1.165, 1.54) is 24.8 Å². The van der Waals surface area contributed by atoms with E-state index in [2.05, 4.69) is 41.8 Å². The number of nitrogens with one attached hydrogen (secondary N) is 2. The van der Waals surface area contributed by atoms with Crippen LogP contribution < -0.4 is 15.5 Å². The molecule has 1 saturated carbocycles. The van der Waals surface area contributed by atoms with Gasteiger partial charge in [-0.15, -0.1) is 11.8 Å². The van der Waals surface area contributed by atoms with Crippen molar-refractivity contribution in [2.24, 2.45) is 0 Å². The van der Waals surface area contributed by atoms with Gasteiger partial charge < -0.3 is 15.5 Å². The second-order valence-electron chi connectivity index (χ2n) is 7.87. The minimum atomic E-state index is -0.170. The minimum absolute atomic E-state index is 0.0897. The molecule has 0 bridgehead atoms. The van der Waals surface area contributed by atoms with Crippen molar-refractivity contribution < 1.29 is 9.59 Å². The summed E-state index contributed by atoms with van der Waals surface area (Å²) in [4.78, 5) is 27.9. The van der Waals surface area contributed by atoms with E-state index < -0.39 is 0 Å². The zero-order valence-electron chi connectivity index (χ0n) is 16.7. The van der Waals surface area contributed by atoms with Crippen LogP contribution in [-0.4, -0.2) is 23.7 Å². The predicted octanol–water partition coefficient (Wildman–Crippen LogP) is 5.09. The van der Waals surface area contributed by atoms with Crippen LogP contribution in [0.2, 0.25) is 0 Å². The molecular weight excluding hydrogens is 382 g/mol. The Kier molecular flexibility index (Phi) is 6.09. The Hall–Kier alpha value is -2.47. The van der Waals surface area contributed by atoms with Crippen LogP contribution in [0.5, 0.6) is 0 Å². The lowest BCUT2D eigenvalue weighted by Gasteiger charge is -2.30. The first-order valence-corrected chi connectivity index (χ1v) is 11.3. The largest absolute Gasteiger partial charge is 0.335 e. The molecule has 6 heteroatoms. The van der Waals surface area contributed by atoms with Crippen molar-refractivity contribution in [3.63, 3.8) is 0 Å². The van der Waals surface area contributed by atoms with Crippen LogP contribution in [0.15, 0.2) is 47.4 Å². The monoisotopic (exact) mass is 409 g/mol. The molecule has 5 nitrogen and oxygen atoms in total. The zero-order valence-corrected chi connectivity index (χ0v) is 17.6. The van der Waals surface area contributed by atoms with Crippen LogP contribution in [0.1, 0.15) is 43.2 Å². The number of nitrogens with zero attached hydrogens (tertiary/aromatic N) is 1. The molecule has 1 heterocycles. The van der Waals surface area contributed by atoms with Gasteiger partial charge in [0.15, 0.2) is 0 Å². The van der Waals surface area contributed by atoms with Gasteiger partial charge in [0.25, 0.3) is 0 Å². The van der Waals surface area contributed by atoms with Crippen LogP contribution in [0.3, 0.4) is 0 Å². The maximum Gasteiger partial charge on any atom is 0.319 e. The van der Waals surface area contributed by atoms with Gasteiger partial charge in [-0.1, -0.05) is 49.1 Å². The maximum absolute atomic E-state index is 12.6. The normalized spacial score (nSPS) is 17.0. The third kappa shape index (κ3) is 4.93. The van der Waals surface area contributed by atoms with E-state index in [4.69, 9.17) is 0 Å². The van der Waals surface area contributed by atoms with Crippen LogP contribution in [0.4, 0.5) is 16.2 Å². The Bertz CT molecular complexity index is 891. The number of carbonyl (C=O) groups excluding carboxylic acids is 2. The minimum Gasteiger partial charge on any atom is -0.335 e. The summed E-state index contributed by atoms with van der Waals surface area (Å²) in [7, 11) is 0. The number of benzene rings is 2. The van der Waals surface area contributed by atoms with Gasteiger partial charge in [-0.2, -0.15) is 0 Å². The highest BCUT2D eigenvalue weighted by Crippen LogP contribution is 2.38. The SMILES string of the molecule is Cc1ccc(CN2C(=O)CSc3ccc(NC(=O)NC4CCCCC4)cc32)cc1. The Labute approximate surface area is 176 Å². The van der Waals surface area contributed by atoms with Crippen molar-refractivity contribution in [1.29, 1.82) is 0 Å². The van der Waals surface area contributed by atoms with Crippen molar-refractivity contribution in [3.05, 3.63) is 53.6 Å². The molecule has 0 aromatic heterocycles. The molecule has 0 saturated heterocycles.